The maximum Gasteiger partial charge on any atom is 0.419 e. The molecule has 0 fully saturated rings. The summed E-state index contributed by atoms with van der Waals surface area (Å²) in [4.78, 5) is 57.9. The van der Waals surface area contributed by atoms with Gasteiger partial charge >= 0.3 is 17.7 Å². The minimum atomic E-state index is -0.830. The highest BCUT2D eigenvalue weighted by atomic mass is 16.6. The van der Waals surface area contributed by atoms with Crippen LogP contribution in [0.2, 0.25) is 0 Å². The van der Waals surface area contributed by atoms with Crippen LogP contribution in [0.3, 0.4) is 0 Å². The Bertz CT molecular complexity index is 1050. The molecule has 1 amide bonds. The van der Waals surface area contributed by atoms with Crippen LogP contribution in [0.4, 0.5) is 5.69 Å². The Morgan fingerprint density at radius 3 is 2.62 bits per heavy atom. The molecule has 1 heterocycles. The molecule has 1 aromatic carbocycles. The Kier molecular flexibility index (Phi) is 8.50. The van der Waals surface area contributed by atoms with Crippen molar-refractivity contribution in [3.8, 4) is 0 Å². The molecule has 12 heteroatoms. The van der Waals surface area contributed by atoms with Crippen molar-refractivity contribution in [1.82, 2.24) is 9.88 Å². The topological polar surface area (TPSA) is 160 Å². The number of fused-ring (bicyclic) bond motifs is 1. The number of benzene rings is 1. The van der Waals surface area contributed by atoms with Crippen LogP contribution in [0, 0.1) is 16.0 Å². The van der Waals surface area contributed by atoms with Crippen LogP contribution in [0.25, 0.3) is 11.1 Å². The van der Waals surface area contributed by atoms with Gasteiger partial charge in [0.2, 0.25) is 0 Å². The van der Waals surface area contributed by atoms with Crippen molar-refractivity contribution in [2.24, 2.45) is 5.92 Å². The highest BCUT2D eigenvalue weighted by molar-refractivity contribution is 5.86. The second-order valence-electron chi connectivity index (χ2n) is 7.47. The van der Waals surface area contributed by atoms with Crippen molar-refractivity contribution in [3.63, 3.8) is 0 Å². The molecule has 0 saturated heterocycles. The fourth-order valence-electron chi connectivity index (χ4n) is 3.04. The fourth-order valence-corrected chi connectivity index (χ4v) is 3.04. The van der Waals surface area contributed by atoms with Crippen LogP contribution in [0.1, 0.15) is 33.1 Å². The van der Waals surface area contributed by atoms with Crippen molar-refractivity contribution in [1.29, 1.82) is 0 Å². The van der Waals surface area contributed by atoms with Crippen LogP contribution in [0.5, 0.6) is 0 Å². The second-order valence-corrected chi connectivity index (χ2v) is 7.47. The van der Waals surface area contributed by atoms with Gasteiger partial charge in [-0.3, -0.25) is 24.3 Å². The zero-order valence-corrected chi connectivity index (χ0v) is 18.0. The highest BCUT2D eigenvalue weighted by Crippen LogP contribution is 2.20. The molecule has 0 saturated carbocycles. The van der Waals surface area contributed by atoms with Gasteiger partial charge in [0, 0.05) is 19.0 Å². The van der Waals surface area contributed by atoms with E-state index in [4.69, 9.17) is 9.15 Å². The maximum atomic E-state index is 12.0. The zero-order valence-electron chi connectivity index (χ0n) is 18.0. The van der Waals surface area contributed by atoms with Gasteiger partial charge in [-0.25, -0.2) is 9.59 Å². The number of nitro benzene ring substituents is 1. The van der Waals surface area contributed by atoms with Crippen molar-refractivity contribution in [2.45, 2.75) is 45.7 Å². The van der Waals surface area contributed by atoms with Gasteiger partial charge in [0.05, 0.1) is 23.6 Å². The molecule has 2 aromatic rings. The number of esters is 2. The molecule has 0 aliphatic carbocycles. The molecule has 32 heavy (non-hydrogen) atoms. The number of aromatic nitrogens is 1. The highest BCUT2D eigenvalue weighted by Gasteiger charge is 2.23. The molecule has 0 bridgehead atoms. The number of methoxy groups -OCH3 is 1. The number of carbonyl (C=O) groups is 3. The first-order valence-electron chi connectivity index (χ1n) is 9.93. The van der Waals surface area contributed by atoms with Crippen LogP contribution in [0.15, 0.2) is 27.4 Å². The SMILES string of the molecule is COC(=O)C(CC(C)C)NC(=O)COC(=O)CCCn1c(=O)oc2cc([N+](=O)[O-])ccc21. The van der Waals surface area contributed by atoms with E-state index in [0.717, 1.165) is 6.07 Å². The van der Waals surface area contributed by atoms with Crippen LogP contribution >= 0.6 is 0 Å². The number of hydrogen-bond acceptors (Lipinski definition) is 9. The quantitative estimate of drug-likeness (QED) is 0.303. The van der Waals surface area contributed by atoms with Crippen LogP contribution < -0.4 is 11.1 Å². The first-order valence-corrected chi connectivity index (χ1v) is 9.93. The zero-order chi connectivity index (χ0) is 23.8. The van der Waals surface area contributed by atoms with Crippen molar-refractivity contribution < 1.29 is 33.2 Å². The number of hydrogen-bond donors (Lipinski definition) is 1. The predicted octanol–water partition coefficient (Wildman–Crippen LogP) is 1.53. The molecule has 2 rings (SSSR count). The molecule has 0 aliphatic rings. The number of nitro groups is 1. The molecule has 1 atom stereocenters. The second kappa shape index (κ2) is 11.1. The molecule has 174 valence electrons. The molecule has 0 aliphatic heterocycles. The minimum absolute atomic E-state index is 0.0741. The van der Waals surface area contributed by atoms with Crippen molar-refractivity contribution in [3.05, 3.63) is 38.9 Å². The molecule has 1 unspecified atom stereocenters. The number of amides is 1. The Balaban J connectivity index is 1.84. The normalized spacial score (nSPS) is 11.9. The molecule has 12 nitrogen and oxygen atoms in total. The first kappa shape index (κ1) is 24.6. The number of nitrogens with zero attached hydrogens (tertiary/aromatic N) is 2. The number of rotatable bonds is 11. The summed E-state index contributed by atoms with van der Waals surface area (Å²) in [7, 11) is 1.22. The number of non-ortho nitro benzene ring substituents is 1. The molecule has 1 N–H and O–H groups in total. The number of aryl methyl sites for hydroxylation is 1. The first-order chi connectivity index (χ1) is 15.1. The lowest BCUT2D eigenvalue weighted by Gasteiger charge is -2.18. The lowest BCUT2D eigenvalue weighted by atomic mass is 10.0. The van der Waals surface area contributed by atoms with E-state index in [1.54, 1.807) is 0 Å². The molecule has 1 aromatic heterocycles. The van der Waals surface area contributed by atoms with Gasteiger partial charge in [-0.2, -0.15) is 0 Å². The summed E-state index contributed by atoms with van der Waals surface area (Å²) in [6, 6.07) is 2.97. The molecule has 0 spiro atoms. The van der Waals surface area contributed by atoms with E-state index in [1.165, 1.54) is 23.8 Å². The summed E-state index contributed by atoms with van der Waals surface area (Å²) in [6.07, 6.45) is 0.513. The van der Waals surface area contributed by atoms with Gasteiger partial charge in [0.25, 0.3) is 11.6 Å². The summed E-state index contributed by atoms with van der Waals surface area (Å²) in [5, 5.41) is 13.3. The third kappa shape index (κ3) is 6.65. The van der Waals surface area contributed by atoms with E-state index in [9.17, 15) is 29.3 Å². The largest absolute Gasteiger partial charge is 0.467 e. The molecular formula is C20H25N3O9. The lowest BCUT2D eigenvalue weighted by molar-refractivity contribution is -0.384. The fraction of sp³-hybridized carbons (Fsp3) is 0.500. The lowest BCUT2D eigenvalue weighted by Crippen LogP contribution is -2.44. The standard InChI is InChI=1S/C20H25N3O9/c1-12(2)9-14(19(26)30-3)21-17(24)11-31-18(25)5-4-8-22-15-7-6-13(23(28)29)10-16(15)32-20(22)27/h6-7,10,12,14H,4-5,8-9,11H2,1-3H3,(H,21,24). The average molecular weight is 451 g/mol. The summed E-state index contributed by atoms with van der Waals surface area (Å²) < 4.78 is 15.8. The van der Waals surface area contributed by atoms with E-state index in [-0.39, 0.29) is 36.6 Å². The molecular weight excluding hydrogens is 426 g/mol. The van der Waals surface area contributed by atoms with E-state index in [2.05, 4.69) is 10.1 Å². The molecule has 0 radical (unpaired) electrons. The monoisotopic (exact) mass is 451 g/mol. The van der Waals surface area contributed by atoms with Gasteiger partial charge in [0.15, 0.2) is 12.2 Å². The van der Waals surface area contributed by atoms with Gasteiger partial charge in [0.1, 0.15) is 6.04 Å². The Hall–Kier alpha value is -3.70. The summed E-state index contributed by atoms with van der Waals surface area (Å²) in [5.41, 5.74) is 0.237. The van der Waals surface area contributed by atoms with E-state index in [0.29, 0.717) is 11.9 Å². The number of ether oxygens (including phenoxy) is 2. The Morgan fingerprint density at radius 2 is 2.00 bits per heavy atom. The van der Waals surface area contributed by atoms with Gasteiger partial charge in [-0.15, -0.1) is 0 Å². The van der Waals surface area contributed by atoms with Gasteiger partial charge < -0.3 is 19.2 Å². The number of nitrogens with one attached hydrogen (secondary N) is 1. The number of oxazole rings is 1. The van der Waals surface area contributed by atoms with Crippen LogP contribution in [-0.4, -0.2) is 47.1 Å². The Morgan fingerprint density at radius 1 is 1.28 bits per heavy atom. The van der Waals surface area contributed by atoms with Crippen molar-refractivity contribution in [2.75, 3.05) is 13.7 Å². The third-order valence-electron chi connectivity index (χ3n) is 4.52. The van der Waals surface area contributed by atoms with Crippen LogP contribution in [-0.2, 0) is 30.4 Å². The van der Waals surface area contributed by atoms with E-state index < -0.39 is 41.2 Å². The maximum absolute atomic E-state index is 12.0. The van der Waals surface area contributed by atoms with Gasteiger partial charge in [-0.05, 0) is 24.8 Å². The van der Waals surface area contributed by atoms with Crippen molar-refractivity contribution >= 4 is 34.6 Å². The summed E-state index contributed by atoms with van der Waals surface area (Å²) in [5.74, 6) is -2.44. The van der Waals surface area contributed by atoms with E-state index >= 15 is 0 Å². The predicted molar refractivity (Wildman–Crippen MR) is 111 cm³/mol. The summed E-state index contributed by atoms with van der Waals surface area (Å²) in [6.45, 7) is 3.34. The number of carbonyl (C=O) groups excluding carboxylic acids is 3. The third-order valence-corrected chi connectivity index (χ3v) is 4.52. The smallest absolute Gasteiger partial charge is 0.419 e. The van der Waals surface area contributed by atoms with E-state index in [1.807, 2.05) is 13.8 Å². The van der Waals surface area contributed by atoms with Gasteiger partial charge in [-0.1, -0.05) is 13.8 Å². The average Bonchev–Trinajstić information content (AvgIpc) is 3.05. The summed E-state index contributed by atoms with van der Waals surface area (Å²) >= 11 is 0. The minimum Gasteiger partial charge on any atom is -0.467 e. The Labute approximate surface area is 182 Å².